The van der Waals surface area contributed by atoms with E-state index in [-0.39, 0.29) is 17.5 Å². The number of hydrogen-bond acceptors (Lipinski definition) is 2. The lowest BCUT2D eigenvalue weighted by atomic mass is 10.1. The van der Waals surface area contributed by atoms with Gasteiger partial charge in [0.15, 0.2) is 0 Å². The molecule has 4 aromatic rings. The lowest BCUT2D eigenvalue weighted by molar-refractivity contribution is -0.117. The Morgan fingerprint density at radius 2 is 1.72 bits per heavy atom. The molecule has 160 valence electrons. The van der Waals surface area contributed by atoms with Gasteiger partial charge in [0, 0.05) is 39.8 Å². The van der Waals surface area contributed by atoms with Crippen LogP contribution in [0.15, 0.2) is 90.8 Å². The van der Waals surface area contributed by atoms with Gasteiger partial charge < -0.3 is 15.6 Å². The van der Waals surface area contributed by atoms with Crippen LogP contribution in [0, 0.1) is 0 Å². The van der Waals surface area contributed by atoms with Crippen LogP contribution >= 0.6 is 11.6 Å². The van der Waals surface area contributed by atoms with Crippen LogP contribution in [0.2, 0.25) is 5.02 Å². The summed E-state index contributed by atoms with van der Waals surface area (Å²) in [6.45, 7) is 0.408. The fourth-order valence-electron chi connectivity index (χ4n) is 3.42. The Kier molecular flexibility index (Phi) is 6.68. The number of carbonyl (C=O) groups is 2. The number of fused-ring (bicyclic) bond motifs is 1. The average Bonchev–Trinajstić information content (AvgIpc) is 3.22. The lowest BCUT2D eigenvalue weighted by Crippen LogP contribution is -2.35. The summed E-state index contributed by atoms with van der Waals surface area (Å²) in [7, 11) is 0. The highest BCUT2D eigenvalue weighted by Gasteiger charge is 2.15. The van der Waals surface area contributed by atoms with E-state index < -0.39 is 0 Å². The van der Waals surface area contributed by atoms with Gasteiger partial charge in [-0.25, -0.2) is 0 Å². The molecule has 0 unspecified atom stereocenters. The van der Waals surface area contributed by atoms with E-state index in [1.54, 1.807) is 30.3 Å². The van der Waals surface area contributed by atoms with Crippen LogP contribution in [0.25, 0.3) is 17.0 Å². The highest BCUT2D eigenvalue weighted by molar-refractivity contribution is 6.30. The third-order valence-electron chi connectivity index (χ3n) is 5.04. The maximum Gasteiger partial charge on any atom is 0.267 e. The largest absolute Gasteiger partial charge is 0.361 e. The highest BCUT2D eigenvalue weighted by Crippen LogP contribution is 2.20. The lowest BCUT2D eigenvalue weighted by Gasteiger charge is -2.11. The van der Waals surface area contributed by atoms with Crippen molar-refractivity contribution in [1.29, 1.82) is 0 Å². The normalized spacial score (nSPS) is 11.3. The first-order chi connectivity index (χ1) is 15.6. The molecule has 0 radical (unpaired) electrons. The van der Waals surface area contributed by atoms with Gasteiger partial charge in [0.25, 0.3) is 11.8 Å². The monoisotopic (exact) mass is 443 g/mol. The minimum Gasteiger partial charge on any atom is -0.361 e. The number of carbonyl (C=O) groups excluding carboxylic acids is 2. The van der Waals surface area contributed by atoms with Gasteiger partial charge in [0.1, 0.15) is 5.70 Å². The van der Waals surface area contributed by atoms with Gasteiger partial charge in [0.2, 0.25) is 0 Å². The Balaban J connectivity index is 1.55. The average molecular weight is 444 g/mol. The van der Waals surface area contributed by atoms with Crippen LogP contribution in [-0.2, 0) is 11.2 Å². The Labute approximate surface area is 191 Å². The summed E-state index contributed by atoms with van der Waals surface area (Å²) in [5, 5.41) is 7.28. The van der Waals surface area contributed by atoms with E-state index in [0.29, 0.717) is 23.6 Å². The van der Waals surface area contributed by atoms with Crippen molar-refractivity contribution < 1.29 is 9.59 Å². The number of aromatic amines is 1. The summed E-state index contributed by atoms with van der Waals surface area (Å²) < 4.78 is 0. The molecule has 5 nitrogen and oxygen atoms in total. The van der Waals surface area contributed by atoms with E-state index in [1.165, 1.54) is 0 Å². The molecule has 0 saturated carbocycles. The molecule has 2 amide bonds. The van der Waals surface area contributed by atoms with Crippen molar-refractivity contribution in [3.8, 4) is 0 Å². The molecule has 0 spiro atoms. The summed E-state index contributed by atoms with van der Waals surface area (Å²) in [6, 6.07) is 24.1. The number of rotatable bonds is 7. The maximum absolute atomic E-state index is 13.0. The zero-order chi connectivity index (χ0) is 22.3. The SMILES string of the molecule is O=C(NCCc1cccc(Cl)c1)/C(=C/c1c[nH]c2ccccc12)NC(=O)c1ccccc1. The summed E-state index contributed by atoms with van der Waals surface area (Å²) in [6.07, 6.45) is 4.13. The van der Waals surface area contributed by atoms with Crippen LogP contribution in [0.5, 0.6) is 0 Å². The molecule has 0 aliphatic rings. The number of halogens is 1. The predicted octanol–water partition coefficient (Wildman–Crippen LogP) is 4.95. The molecule has 1 heterocycles. The van der Waals surface area contributed by atoms with Gasteiger partial charge in [0.05, 0.1) is 0 Å². The quantitative estimate of drug-likeness (QED) is 0.353. The van der Waals surface area contributed by atoms with Crippen molar-refractivity contribution >= 4 is 40.4 Å². The number of amides is 2. The third-order valence-corrected chi connectivity index (χ3v) is 5.27. The molecule has 0 saturated heterocycles. The smallest absolute Gasteiger partial charge is 0.267 e. The molecule has 0 atom stereocenters. The van der Waals surface area contributed by atoms with Gasteiger partial charge in [-0.1, -0.05) is 60.1 Å². The van der Waals surface area contributed by atoms with E-state index in [0.717, 1.165) is 22.0 Å². The third kappa shape index (κ3) is 5.25. The fraction of sp³-hybridized carbons (Fsp3) is 0.0769. The van der Waals surface area contributed by atoms with Gasteiger partial charge in [-0.05, 0) is 48.4 Å². The van der Waals surface area contributed by atoms with Crippen molar-refractivity contribution in [2.75, 3.05) is 6.54 Å². The van der Waals surface area contributed by atoms with Gasteiger partial charge in [-0.2, -0.15) is 0 Å². The molecule has 0 fully saturated rings. The summed E-state index contributed by atoms with van der Waals surface area (Å²) in [5.41, 5.74) is 3.44. The molecule has 32 heavy (non-hydrogen) atoms. The second-order valence-corrected chi connectivity index (χ2v) is 7.74. The van der Waals surface area contributed by atoms with E-state index in [2.05, 4.69) is 15.6 Å². The molecule has 0 aliphatic heterocycles. The van der Waals surface area contributed by atoms with E-state index in [4.69, 9.17) is 11.6 Å². The predicted molar refractivity (Wildman–Crippen MR) is 128 cm³/mol. The molecular formula is C26H22ClN3O2. The highest BCUT2D eigenvalue weighted by atomic mass is 35.5. The van der Waals surface area contributed by atoms with Crippen LogP contribution in [0.4, 0.5) is 0 Å². The summed E-state index contributed by atoms with van der Waals surface area (Å²) in [4.78, 5) is 28.9. The Bertz CT molecular complexity index is 1280. The molecule has 0 aliphatic carbocycles. The van der Waals surface area contributed by atoms with Crippen molar-refractivity contribution in [3.63, 3.8) is 0 Å². The molecular weight excluding hydrogens is 422 g/mol. The van der Waals surface area contributed by atoms with Gasteiger partial charge in [-0.15, -0.1) is 0 Å². The second-order valence-electron chi connectivity index (χ2n) is 7.30. The van der Waals surface area contributed by atoms with E-state index >= 15 is 0 Å². The van der Waals surface area contributed by atoms with Gasteiger partial charge >= 0.3 is 0 Å². The first kappa shape index (κ1) is 21.4. The van der Waals surface area contributed by atoms with Gasteiger partial charge in [-0.3, -0.25) is 9.59 Å². The number of H-pyrrole nitrogens is 1. The van der Waals surface area contributed by atoms with Crippen LogP contribution in [0.3, 0.4) is 0 Å². The minimum atomic E-state index is -0.360. The fourth-order valence-corrected chi connectivity index (χ4v) is 3.63. The first-order valence-electron chi connectivity index (χ1n) is 10.3. The van der Waals surface area contributed by atoms with Crippen molar-refractivity contribution in [2.24, 2.45) is 0 Å². The second kappa shape index (κ2) is 9.98. The number of hydrogen-bond donors (Lipinski definition) is 3. The number of nitrogens with one attached hydrogen (secondary N) is 3. The van der Waals surface area contributed by atoms with Crippen LogP contribution < -0.4 is 10.6 Å². The summed E-state index contributed by atoms with van der Waals surface area (Å²) >= 11 is 6.03. The first-order valence-corrected chi connectivity index (χ1v) is 10.6. The topological polar surface area (TPSA) is 74.0 Å². The molecule has 3 aromatic carbocycles. The Hall–Kier alpha value is -3.83. The van der Waals surface area contributed by atoms with Crippen molar-refractivity contribution in [3.05, 3.63) is 112 Å². The zero-order valence-electron chi connectivity index (χ0n) is 17.3. The number of benzene rings is 3. The standard InChI is InChI=1S/C26H22ClN3O2/c27-21-10-6-7-18(15-21)13-14-28-26(32)24(30-25(31)19-8-2-1-3-9-19)16-20-17-29-23-12-5-4-11-22(20)23/h1-12,15-17,29H,13-14H2,(H,28,32)(H,30,31)/b24-16-. The molecule has 6 heteroatoms. The number of para-hydroxylation sites is 1. The Morgan fingerprint density at radius 3 is 2.53 bits per heavy atom. The number of aromatic nitrogens is 1. The zero-order valence-corrected chi connectivity index (χ0v) is 18.0. The molecule has 3 N–H and O–H groups in total. The van der Waals surface area contributed by atoms with Crippen LogP contribution in [0.1, 0.15) is 21.5 Å². The molecule has 1 aromatic heterocycles. The molecule has 4 rings (SSSR count). The summed E-state index contributed by atoms with van der Waals surface area (Å²) in [5.74, 6) is -0.705. The minimum absolute atomic E-state index is 0.176. The van der Waals surface area contributed by atoms with E-state index in [9.17, 15) is 9.59 Å². The molecule has 0 bridgehead atoms. The maximum atomic E-state index is 13.0. The van der Waals surface area contributed by atoms with Crippen LogP contribution in [-0.4, -0.2) is 23.3 Å². The van der Waals surface area contributed by atoms with Crippen molar-refractivity contribution in [2.45, 2.75) is 6.42 Å². The van der Waals surface area contributed by atoms with E-state index in [1.807, 2.05) is 60.8 Å². The Morgan fingerprint density at radius 1 is 0.938 bits per heavy atom. The van der Waals surface area contributed by atoms with Crippen molar-refractivity contribution in [1.82, 2.24) is 15.6 Å².